The average molecular weight is 327 g/mol. The first-order chi connectivity index (χ1) is 10.1. The summed E-state index contributed by atoms with van der Waals surface area (Å²) in [5.74, 6) is 0.352. The van der Waals surface area contributed by atoms with Crippen LogP contribution in [0.4, 0.5) is 0 Å². The van der Waals surface area contributed by atoms with Gasteiger partial charge in [-0.15, -0.1) is 11.3 Å². The zero-order valence-corrected chi connectivity index (χ0v) is 13.5. The highest BCUT2D eigenvalue weighted by molar-refractivity contribution is 7.91. The first-order valence-corrected chi connectivity index (χ1v) is 9.66. The maximum atomic E-state index is 12.4. The van der Waals surface area contributed by atoms with Gasteiger partial charge in [-0.25, -0.2) is 13.1 Å². The lowest BCUT2D eigenvalue weighted by Crippen LogP contribution is -2.40. The molecule has 1 N–H and O–H groups in total. The fourth-order valence-electron chi connectivity index (χ4n) is 2.83. The minimum Gasteiger partial charge on any atom is -0.299 e. The summed E-state index contributed by atoms with van der Waals surface area (Å²) < 4.78 is 28.0. The van der Waals surface area contributed by atoms with Crippen molar-refractivity contribution in [3.8, 4) is 0 Å². The number of allylic oxidation sites excluding steroid dienone is 1. The van der Waals surface area contributed by atoms with Gasteiger partial charge in [-0.05, 0) is 42.7 Å². The van der Waals surface area contributed by atoms with Crippen molar-refractivity contribution in [2.45, 2.75) is 48.8 Å². The fourth-order valence-corrected chi connectivity index (χ4v) is 5.16. The van der Waals surface area contributed by atoms with E-state index in [1.54, 1.807) is 23.6 Å². The van der Waals surface area contributed by atoms with Crippen molar-refractivity contribution in [1.82, 2.24) is 4.72 Å². The van der Waals surface area contributed by atoms with Gasteiger partial charge in [0, 0.05) is 6.04 Å². The summed E-state index contributed by atoms with van der Waals surface area (Å²) in [6.07, 6.45) is 10.1. The Morgan fingerprint density at radius 3 is 2.71 bits per heavy atom. The molecule has 2 rings (SSSR count). The monoisotopic (exact) mass is 327 g/mol. The Morgan fingerprint density at radius 2 is 2.10 bits per heavy atom. The molecule has 1 fully saturated rings. The largest absolute Gasteiger partial charge is 0.299 e. The highest BCUT2D eigenvalue weighted by atomic mass is 32.2. The minimum atomic E-state index is -3.46. The highest BCUT2D eigenvalue weighted by Gasteiger charge is 2.27. The number of sulfonamides is 1. The smallest absolute Gasteiger partial charge is 0.250 e. The van der Waals surface area contributed by atoms with Gasteiger partial charge in [0.15, 0.2) is 0 Å². The van der Waals surface area contributed by atoms with E-state index in [0.29, 0.717) is 16.5 Å². The lowest BCUT2D eigenvalue weighted by Gasteiger charge is -2.30. The van der Waals surface area contributed by atoms with E-state index in [2.05, 4.69) is 4.72 Å². The normalized spacial score (nSPS) is 18.9. The molecule has 1 saturated carbocycles. The molecule has 1 aliphatic rings. The molecule has 1 aliphatic carbocycles. The van der Waals surface area contributed by atoms with Crippen LogP contribution in [0.5, 0.6) is 0 Å². The molecule has 6 heteroatoms. The van der Waals surface area contributed by atoms with E-state index < -0.39 is 10.0 Å². The van der Waals surface area contributed by atoms with Crippen LogP contribution in [-0.4, -0.2) is 20.7 Å². The third-order valence-corrected chi connectivity index (χ3v) is 6.78. The molecule has 116 valence electrons. The van der Waals surface area contributed by atoms with Crippen LogP contribution in [0.3, 0.4) is 0 Å². The fraction of sp³-hybridized carbons (Fsp3) is 0.533. The number of aldehydes is 1. The number of thiophene rings is 1. The molecule has 1 atom stereocenters. The molecule has 0 aromatic carbocycles. The Bertz CT molecular complexity index is 558. The SMILES string of the molecule is O=C/C=C/C[C@@H](NS(=O)(=O)c1cccs1)C1CCCCC1. The first-order valence-electron chi connectivity index (χ1n) is 7.29. The first kappa shape index (κ1) is 16.4. The van der Waals surface area contributed by atoms with Crippen LogP contribution in [0.2, 0.25) is 0 Å². The van der Waals surface area contributed by atoms with Gasteiger partial charge in [0.25, 0.3) is 0 Å². The van der Waals surface area contributed by atoms with Crippen LogP contribution >= 0.6 is 11.3 Å². The van der Waals surface area contributed by atoms with Gasteiger partial charge in [0.05, 0.1) is 0 Å². The number of carbonyl (C=O) groups excluding carboxylic acids is 1. The number of carbonyl (C=O) groups is 1. The number of rotatable bonds is 7. The van der Waals surface area contributed by atoms with Crippen molar-refractivity contribution in [2.24, 2.45) is 5.92 Å². The van der Waals surface area contributed by atoms with Crippen LogP contribution in [0.1, 0.15) is 38.5 Å². The van der Waals surface area contributed by atoms with E-state index in [0.717, 1.165) is 32.0 Å². The average Bonchev–Trinajstić information content (AvgIpc) is 3.02. The number of hydrogen-bond donors (Lipinski definition) is 1. The quantitative estimate of drug-likeness (QED) is 0.618. The Balaban J connectivity index is 2.10. The molecule has 4 nitrogen and oxygen atoms in total. The van der Waals surface area contributed by atoms with E-state index in [1.165, 1.54) is 23.8 Å². The van der Waals surface area contributed by atoms with Crippen molar-refractivity contribution >= 4 is 27.6 Å². The third kappa shape index (κ3) is 4.76. The molecule has 21 heavy (non-hydrogen) atoms. The Hall–Kier alpha value is -0.980. The van der Waals surface area contributed by atoms with Crippen LogP contribution < -0.4 is 4.72 Å². The standard InChI is InChI=1S/C15H21NO3S2/c17-11-5-4-9-14(13-7-2-1-3-8-13)16-21(18,19)15-10-6-12-20-15/h4-6,10-14,16H,1-3,7-9H2/b5-4+/t14-/m1/s1. The maximum Gasteiger partial charge on any atom is 0.250 e. The summed E-state index contributed by atoms with van der Waals surface area (Å²) in [6.45, 7) is 0. The van der Waals surface area contributed by atoms with Gasteiger partial charge in [-0.2, -0.15) is 0 Å². The molecule has 1 aromatic heterocycles. The third-order valence-electron chi connectivity index (χ3n) is 3.89. The van der Waals surface area contributed by atoms with E-state index >= 15 is 0 Å². The summed E-state index contributed by atoms with van der Waals surface area (Å²) in [7, 11) is -3.46. The lowest BCUT2D eigenvalue weighted by atomic mass is 9.83. The van der Waals surface area contributed by atoms with E-state index in [-0.39, 0.29) is 6.04 Å². The summed E-state index contributed by atoms with van der Waals surface area (Å²) >= 11 is 1.22. The summed E-state index contributed by atoms with van der Waals surface area (Å²) in [5.41, 5.74) is 0. The van der Waals surface area contributed by atoms with Gasteiger partial charge in [0.1, 0.15) is 10.5 Å². The second-order valence-electron chi connectivity index (χ2n) is 5.36. The van der Waals surface area contributed by atoms with Crippen LogP contribution in [0.15, 0.2) is 33.9 Å². The second kappa shape index (κ2) is 7.87. The van der Waals surface area contributed by atoms with E-state index in [4.69, 9.17) is 0 Å². The van der Waals surface area contributed by atoms with E-state index in [9.17, 15) is 13.2 Å². The zero-order chi connectivity index (χ0) is 15.1. The molecule has 0 bridgehead atoms. The Morgan fingerprint density at radius 1 is 1.33 bits per heavy atom. The number of hydrogen-bond acceptors (Lipinski definition) is 4. The minimum absolute atomic E-state index is 0.131. The Kier molecular flexibility index (Phi) is 6.14. The highest BCUT2D eigenvalue weighted by Crippen LogP contribution is 2.29. The molecular formula is C15H21NO3S2. The van der Waals surface area contributed by atoms with Crippen LogP contribution in [0.25, 0.3) is 0 Å². The van der Waals surface area contributed by atoms with Gasteiger partial charge in [0.2, 0.25) is 10.0 Å². The molecule has 0 aliphatic heterocycles. The number of nitrogens with one attached hydrogen (secondary N) is 1. The predicted octanol–water partition coefficient (Wildman–Crippen LogP) is 3.12. The van der Waals surface area contributed by atoms with Crippen molar-refractivity contribution in [2.75, 3.05) is 0 Å². The van der Waals surface area contributed by atoms with Gasteiger partial charge >= 0.3 is 0 Å². The van der Waals surface area contributed by atoms with Crippen molar-refractivity contribution in [1.29, 1.82) is 0 Å². The summed E-state index contributed by atoms with van der Waals surface area (Å²) in [5, 5.41) is 1.76. The van der Waals surface area contributed by atoms with Gasteiger partial charge in [-0.3, -0.25) is 4.79 Å². The molecule has 0 unspecified atom stereocenters. The maximum absolute atomic E-state index is 12.4. The molecular weight excluding hydrogens is 306 g/mol. The van der Waals surface area contributed by atoms with E-state index in [1.807, 2.05) is 0 Å². The predicted molar refractivity (Wildman–Crippen MR) is 84.8 cm³/mol. The lowest BCUT2D eigenvalue weighted by molar-refractivity contribution is -0.104. The van der Waals surface area contributed by atoms with Crippen LogP contribution in [-0.2, 0) is 14.8 Å². The van der Waals surface area contributed by atoms with Crippen molar-refractivity contribution in [3.05, 3.63) is 29.7 Å². The van der Waals surface area contributed by atoms with Gasteiger partial charge < -0.3 is 0 Å². The van der Waals surface area contributed by atoms with Crippen molar-refractivity contribution in [3.63, 3.8) is 0 Å². The van der Waals surface area contributed by atoms with Crippen LogP contribution in [0, 0.1) is 5.92 Å². The summed E-state index contributed by atoms with van der Waals surface area (Å²) in [6, 6.07) is 3.22. The molecule has 0 amide bonds. The molecule has 1 heterocycles. The van der Waals surface area contributed by atoms with Gasteiger partial charge in [-0.1, -0.05) is 31.4 Å². The molecule has 0 spiro atoms. The van der Waals surface area contributed by atoms with Crippen molar-refractivity contribution < 1.29 is 13.2 Å². The Labute approximate surface area is 130 Å². The molecule has 1 aromatic rings. The zero-order valence-electron chi connectivity index (χ0n) is 11.9. The summed E-state index contributed by atoms with van der Waals surface area (Å²) in [4.78, 5) is 10.4. The topological polar surface area (TPSA) is 63.2 Å². The molecule has 0 radical (unpaired) electrons. The second-order valence-corrected chi connectivity index (χ2v) is 8.25. The molecule has 0 saturated heterocycles.